The lowest BCUT2D eigenvalue weighted by Crippen LogP contribution is -2.30. The maximum atomic E-state index is 12.9. The summed E-state index contributed by atoms with van der Waals surface area (Å²) in [6, 6.07) is 14.0. The molecule has 0 bridgehead atoms. The molecule has 4 rings (SSSR count). The minimum Gasteiger partial charge on any atom is -0.333 e. The van der Waals surface area contributed by atoms with Crippen molar-refractivity contribution in [2.24, 2.45) is 0 Å². The van der Waals surface area contributed by atoms with Crippen LogP contribution in [0, 0.1) is 13.8 Å². The van der Waals surface area contributed by atoms with Crippen LogP contribution >= 0.6 is 11.3 Å². The van der Waals surface area contributed by atoms with E-state index in [1.807, 2.05) is 55.1 Å². The topological polar surface area (TPSA) is 50.3 Å². The number of likely N-dealkylation sites (tertiary alicyclic amines) is 1. The average molecular weight is 393 g/mol. The highest BCUT2D eigenvalue weighted by Crippen LogP contribution is 2.36. The Balaban J connectivity index is 1.45. The molecule has 28 heavy (non-hydrogen) atoms. The van der Waals surface area contributed by atoms with Crippen LogP contribution in [0.2, 0.25) is 0 Å². The fourth-order valence-corrected chi connectivity index (χ4v) is 5.00. The van der Waals surface area contributed by atoms with Gasteiger partial charge in [0.15, 0.2) is 5.78 Å². The molecule has 1 aliphatic rings. The van der Waals surface area contributed by atoms with Crippen molar-refractivity contribution in [1.29, 1.82) is 0 Å². The van der Waals surface area contributed by atoms with Gasteiger partial charge in [0.1, 0.15) is 5.01 Å². The number of aryl methyl sites for hydroxylation is 2. The highest BCUT2D eigenvalue weighted by atomic mass is 32.1. The summed E-state index contributed by atoms with van der Waals surface area (Å²) in [4.78, 5) is 32.2. The van der Waals surface area contributed by atoms with Crippen LogP contribution in [0.1, 0.15) is 58.2 Å². The number of carbonyl (C=O) groups excluding carboxylic acids is 2. The van der Waals surface area contributed by atoms with E-state index in [2.05, 4.69) is 6.07 Å². The highest BCUT2D eigenvalue weighted by Gasteiger charge is 2.32. The first-order chi connectivity index (χ1) is 13.5. The van der Waals surface area contributed by atoms with Gasteiger partial charge in [-0.1, -0.05) is 29.8 Å². The van der Waals surface area contributed by atoms with Gasteiger partial charge in [0, 0.05) is 24.9 Å². The number of para-hydroxylation sites is 1. The van der Waals surface area contributed by atoms with E-state index in [0.717, 1.165) is 51.3 Å². The summed E-state index contributed by atoms with van der Waals surface area (Å²) in [6.07, 6.45) is 2.44. The van der Waals surface area contributed by atoms with Crippen LogP contribution in [-0.2, 0) is 4.79 Å². The highest BCUT2D eigenvalue weighted by molar-refractivity contribution is 7.18. The first-order valence-corrected chi connectivity index (χ1v) is 10.6. The summed E-state index contributed by atoms with van der Waals surface area (Å²) in [7, 11) is 0. The van der Waals surface area contributed by atoms with Crippen LogP contribution in [0.4, 0.5) is 0 Å². The maximum Gasteiger partial charge on any atom is 0.223 e. The van der Waals surface area contributed by atoms with E-state index >= 15 is 0 Å². The third kappa shape index (κ3) is 3.72. The average Bonchev–Trinajstić information content (AvgIpc) is 3.34. The lowest BCUT2D eigenvalue weighted by Gasteiger charge is -2.23. The van der Waals surface area contributed by atoms with E-state index in [1.54, 1.807) is 11.3 Å². The van der Waals surface area contributed by atoms with E-state index < -0.39 is 0 Å². The second-order valence-electron chi connectivity index (χ2n) is 7.51. The standard InChI is InChI=1S/C23H24N2O2S/c1-15-9-10-16(2)17(14-15)20(26)11-12-22(27)25-13-5-7-19(25)23-24-18-6-3-4-8-21(18)28-23/h3-4,6,8-10,14,19H,5,7,11-13H2,1-2H3/t19-/m0/s1. The van der Waals surface area contributed by atoms with Crippen LogP contribution < -0.4 is 0 Å². The van der Waals surface area contributed by atoms with Gasteiger partial charge in [0.25, 0.3) is 0 Å². The Bertz CT molecular complexity index is 1010. The third-order valence-electron chi connectivity index (χ3n) is 5.43. The minimum absolute atomic E-state index is 0.0423. The number of rotatable bonds is 5. The van der Waals surface area contributed by atoms with Crippen LogP contribution in [-0.4, -0.2) is 28.1 Å². The van der Waals surface area contributed by atoms with Crippen molar-refractivity contribution >= 4 is 33.2 Å². The van der Waals surface area contributed by atoms with E-state index in [1.165, 1.54) is 0 Å². The van der Waals surface area contributed by atoms with Crippen molar-refractivity contribution < 1.29 is 9.59 Å². The summed E-state index contributed by atoms with van der Waals surface area (Å²) >= 11 is 1.67. The Morgan fingerprint density at radius 3 is 2.79 bits per heavy atom. The molecular formula is C23H24N2O2S. The molecule has 1 aliphatic heterocycles. The van der Waals surface area contributed by atoms with Gasteiger partial charge in [-0.3, -0.25) is 9.59 Å². The molecule has 2 aromatic carbocycles. The zero-order chi connectivity index (χ0) is 19.7. The summed E-state index contributed by atoms with van der Waals surface area (Å²) < 4.78 is 1.15. The molecule has 1 saturated heterocycles. The van der Waals surface area contributed by atoms with E-state index in [0.29, 0.717) is 0 Å². The molecule has 144 valence electrons. The maximum absolute atomic E-state index is 12.9. The van der Waals surface area contributed by atoms with Crippen molar-refractivity contribution in [3.63, 3.8) is 0 Å². The van der Waals surface area contributed by atoms with Crippen LogP contribution in [0.15, 0.2) is 42.5 Å². The molecule has 0 radical (unpaired) electrons. The number of benzene rings is 2. The number of aromatic nitrogens is 1. The predicted molar refractivity (Wildman–Crippen MR) is 113 cm³/mol. The SMILES string of the molecule is Cc1ccc(C)c(C(=O)CCC(=O)N2CCC[C@H]2c2nc3ccccc3s2)c1. The van der Waals surface area contributed by atoms with Crippen LogP contribution in [0.5, 0.6) is 0 Å². The molecule has 0 N–H and O–H groups in total. The first-order valence-electron chi connectivity index (χ1n) is 9.78. The summed E-state index contributed by atoms with van der Waals surface area (Å²) in [5.41, 5.74) is 3.76. The second-order valence-corrected chi connectivity index (χ2v) is 8.57. The number of nitrogens with zero attached hydrogens (tertiary/aromatic N) is 2. The molecule has 2 heterocycles. The second kappa shape index (κ2) is 7.84. The third-order valence-corrected chi connectivity index (χ3v) is 6.57. The van der Waals surface area contributed by atoms with Crippen molar-refractivity contribution in [2.75, 3.05) is 6.54 Å². The Hall–Kier alpha value is -2.53. The molecule has 4 nitrogen and oxygen atoms in total. The zero-order valence-electron chi connectivity index (χ0n) is 16.3. The van der Waals surface area contributed by atoms with Crippen molar-refractivity contribution in [2.45, 2.75) is 45.6 Å². The molecule has 1 aromatic heterocycles. The largest absolute Gasteiger partial charge is 0.333 e. The molecule has 3 aromatic rings. The molecule has 0 aliphatic carbocycles. The number of fused-ring (bicyclic) bond motifs is 1. The van der Waals surface area contributed by atoms with Gasteiger partial charge in [-0.15, -0.1) is 11.3 Å². The summed E-state index contributed by atoms with van der Waals surface area (Å²) in [5.74, 6) is 0.102. The van der Waals surface area contributed by atoms with Gasteiger partial charge >= 0.3 is 0 Å². The molecule has 1 atom stereocenters. The van der Waals surface area contributed by atoms with E-state index in [9.17, 15) is 9.59 Å². The molecule has 0 unspecified atom stereocenters. The number of ketones is 1. The number of hydrogen-bond acceptors (Lipinski definition) is 4. The van der Waals surface area contributed by atoms with Crippen molar-refractivity contribution in [1.82, 2.24) is 9.88 Å². The Kier molecular flexibility index (Phi) is 5.27. The van der Waals surface area contributed by atoms with Crippen molar-refractivity contribution in [3.8, 4) is 0 Å². The molecule has 5 heteroatoms. The van der Waals surface area contributed by atoms with Gasteiger partial charge < -0.3 is 4.90 Å². The molecule has 1 fully saturated rings. The smallest absolute Gasteiger partial charge is 0.223 e. The Morgan fingerprint density at radius 2 is 1.96 bits per heavy atom. The number of Topliss-reactive ketones (excluding diaryl/α,β-unsaturated/α-hetero) is 1. The van der Waals surface area contributed by atoms with Gasteiger partial charge in [-0.05, 0) is 50.5 Å². The van der Waals surface area contributed by atoms with E-state index in [4.69, 9.17) is 4.98 Å². The monoisotopic (exact) mass is 392 g/mol. The van der Waals surface area contributed by atoms with Gasteiger partial charge in [0.2, 0.25) is 5.91 Å². The summed E-state index contributed by atoms with van der Waals surface area (Å²) in [5, 5.41) is 1.01. The molecular weight excluding hydrogens is 368 g/mol. The number of thiazole rings is 1. The van der Waals surface area contributed by atoms with Gasteiger partial charge in [-0.25, -0.2) is 4.98 Å². The zero-order valence-corrected chi connectivity index (χ0v) is 17.1. The quantitative estimate of drug-likeness (QED) is 0.558. The van der Waals surface area contributed by atoms with Gasteiger partial charge in [-0.2, -0.15) is 0 Å². The lowest BCUT2D eigenvalue weighted by atomic mass is 9.99. The Labute approximate surface area is 169 Å². The summed E-state index contributed by atoms with van der Waals surface area (Å²) in [6.45, 7) is 4.67. The minimum atomic E-state index is 0.0423. The molecule has 0 saturated carbocycles. The normalized spacial score (nSPS) is 16.6. The van der Waals surface area contributed by atoms with Crippen LogP contribution in [0.3, 0.4) is 0 Å². The van der Waals surface area contributed by atoms with Gasteiger partial charge in [0.05, 0.1) is 16.3 Å². The number of hydrogen-bond donors (Lipinski definition) is 0. The number of carbonyl (C=O) groups is 2. The van der Waals surface area contributed by atoms with E-state index in [-0.39, 0.29) is 30.6 Å². The fourth-order valence-electron chi connectivity index (χ4n) is 3.89. The van der Waals surface area contributed by atoms with Crippen molar-refractivity contribution in [3.05, 3.63) is 64.2 Å². The number of amides is 1. The first kappa shape index (κ1) is 18.8. The molecule has 1 amide bonds. The fraction of sp³-hybridized carbons (Fsp3) is 0.348. The predicted octanol–water partition coefficient (Wildman–Crippen LogP) is 5.24. The van der Waals surface area contributed by atoms with Crippen LogP contribution in [0.25, 0.3) is 10.2 Å². The Morgan fingerprint density at radius 1 is 1.14 bits per heavy atom. The lowest BCUT2D eigenvalue weighted by molar-refractivity contribution is -0.132. The molecule has 0 spiro atoms.